The Balaban J connectivity index is 1.85. The van der Waals surface area contributed by atoms with E-state index in [0.717, 1.165) is 17.7 Å². The van der Waals surface area contributed by atoms with E-state index in [1.165, 1.54) is 5.56 Å². The van der Waals surface area contributed by atoms with Crippen LogP contribution in [-0.2, 0) is 6.42 Å². The molecule has 2 rings (SSSR count). The highest BCUT2D eigenvalue weighted by molar-refractivity contribution is 5.65. The molecule has 1 aliphatic rings. The minimum absolute atomic E-state index is 0.300. The van der Waals surface area contributed by atoms with E-state index >= 15 is 0 Å². The molecule has 0 bridgehead atoms. The summed E-state index contributed by atoms with van der Waals surface area (Å²) in [7, 11) is 0. The van der Waals surface area contributed by atoms with Crippen molar-refractivity contribution in [1.29, 1.82) is 0 Å². The average molecular weight is 245 g/mol. The zero-order valence-corrected chi connectivity index (χ0v) is 10.4. The fourth-order valence-electron chi connectivity index (χ4n) is 1.98. The van der Waals surface area contributed by atoms with Crippen molar-refractivity contribution < 1.29 is 9.84 Å². The smallest absolute Gasteiger partial charge is 0.126 e. The highest BCUT2D eigenvalue weighted by Gasteiger charge is 2.11. The molecule has 0 spiro atoms. The second-order valence-electron chi connectivity index (χ2n) is 4.35. The summed E-state index contributed by atoms with van der Waals surface area (Å²) in [5.74, 6) is 0.851. The van der Waals surface area contributed by atoms with Crippen LogP contribution in [-0.4, -0.2) is 30.9 Å². The number of allylic oxidation sites excluding steroid dienone is 1. The molecule has 0 amide bonds. The van der Waals surface area contributed by atoms with Crippen LogP contribution in [0.5, 0.6) is 5.75 Å². The Morgan fingerprint density at radius 1 is 1.50 bits per heavy atom. The first-order valence-electron chi connectivity index (χ1n) is 6.22. The predicted molar refractivity (Wildman–Crippen MR) is 73.7 cm³/mol. The number of benzene rings is 1. The molecule has 0 aromatic heterocycles. The van der Waals surface area contributed by atoms with Crippen molar-refractivity contribution >= 4 is 6.08 Å². The van der Waals surface area contributed by atoms with E-state index in [-0.39, 0.29) is 0 Å². The third-order valence-electron chi connectivity index (χ3n) is 2.88. The summed E-state index contributed by atoms with van der Waals surface area (Å²) in [6, 6.07) is 6.03. The van der Waals surface area contributed by atoms with E-state index < -0.39 is 6.10 Å². The lowest BCUT2D eigenvalue weighted by Gasteiger charge is -2.14. The lowest BCUT2D eigenvalue weighted by atomic mass is 10.1. The summed E-state index contributed by atoms with van der Waals surface area (Å²) < 4.78 is 5.67. The van der Waals surface area contributed by atoms with E-state index in [9.17, 15) is 5.11 Å². The van der Waals surface area contributed by atoms with E-state index in [2.05, 4.69) is 30.1 Å². The second-order valence-corrected chi connectivity index (χ2v) is 4.35. The zero-order valence-electron chi connectivity index (χ0n) is 10.4. The monoisotopic (exact) mass is 245 g/mol. The summed E-state index contributed by atoms with van der Waals surface area (Å²) in [6.45, 7) is 5.11. The van der Waals surface area contributed by atoms with Gasteiger partial charge >= 0.3 is 0 Å². The molecule has 18 heavy (non-hydrogen) atoms. The lowest BCUT2D eigenvalue weighted by molar-refractivity contribution is 0.107. The summed E-state index contributed by atoms with van der Waals surface area (Å²) >= 11 is 0. The number of hydrogen-bond acceptors (Lipinski definition) is 3. The first-order chi connectivity index (χ1) is 8.81. The van der Waals surface area contributed by atoms with Gasteiger partial charge in [0.15, 0.2) is 0 Å². The van der Waals surface area contributed by atoms with Crippen LogP contribution in [0, 0.1) is 0 Å². The molecule has 0 fully saturated rings. The molecular formula is C15H19NO2. The molecule has 1 aliphatic carbocycles. The van der Waals surface area contributed by atoms with Crippen LogP contribution in [0.4, 0.5) is 0 Å². The molecule has 1 unspecified atom stereocenters. The number of aliphatic hydroxyl groups excluding tert-OH is 1. The summed E-state index contributed by atoms with van der Waals surface area (Å²) in [5, 5.41) is 12.8. The number of fused-ring (bicyclic) bond motifs is 1. The lowest BCUT2D eigenvalue weighted by Crippen LogP contribution is -2.31. The molecular weight excluding hydrogens is 226 g/mol. The third kappa shape index (κ3) is 3.22. The molecule has 0 saturated carbocycles. The Morgan fingerprint density at radius 2 is 2.39 bits per heavy atom. The molecule has 3 nitrogen and oxygen atoms in total. The molecule has 2 N–H and O–H groups in total. The van der Waals surface area contributed by atoms with Crippen LogP contribution in [0.3, 0.4) is 0 Å². The number of nitrogens with one attached hydrogen (secondary N) is 1. The zero-order chi connectivity index (χ0) is 12.8. The average Bonchev–Trinajstić information content (AvgIpc) is 2.85. The number of aliphatic hydroxyl groups is 1. The van der Waals surface area contributed by atoms with Gasteiger partial charge in [0.1, 0.15) is 18.5 Å². The van der Waals surface area contributed by atoms with Crippen molar-refractivity contribution in [2.75, 3.05) is 19.7 Å². The normalized spacial score (nSPS) is 14.3. The van der Waals surface area contributed by atoms with Gasteiger partial charge < -0.3 is 15.2 Å². The van der Waals surface area contributed by atoms with Crippen LogP contribution in [0.25, 0.3) is 6.08 Å². The third-order valence-corrected chi connectivity index (χ3v) is 2.88. The first-order valence-corrected chi connectivity index (χ1v) is 6.22. The van der Waals surface area contributed by atoms with Crippen LogP contribution >= 0.6 is 0 Å². The van der Waals surface area contributed by atoms with Crippen molar-refractivity contribution in [2.24, 2.45) is 0 Å². The minimum Gasteiger partial charge on any atom is -0.490 e. The van der Waals surface area contributed by atoms with Crippen molar-refractivity contribution in [1.82, 2.24) is 5.32 Å². The van der Waals surface area contributed by atoms with Crippen LogP contribution in [0.2, 0.25) is 0 Å². The maximum absolute atomic E-state index is 9.75. The summed E-state index contributed by atoms with van der Waals surface area (Å²) in [5.41, 5.74) is 2.43. The quantitative estimate of drug-likeness (QED) is 0.568. The van der Waals surface area contributed by atoms with E-state index in [1.54, 1.807) is 6.08 Å². The topological polar surface area (TPSA) is 41.5 Å². The molecule has 3 heteroatoms. The maximum Gasteiger partial charge on any atom is 0.126 e. The minimum atomic E-state index is -0.508. The Bertz CT molecular complexity index is 440. The Labute approximate surface area is 108 Å². The molecule has 0 aliphatic heterocycles. The first kappa shape index (κ1) is 12.9. The second kappa shape index (κ2) is 6.38. The van der Waals surface area contributed by atoms with Gasteiger partial charge in [0.2, 0.25) is 0 Å². The van der Waals surface area contributed by atoms with E-state index in [1.807, 2.05) is 12.1 Å². The molecule has 1 aromatic rings. The van der Waals surface area contributed by atoms with Crippen molar-refractivity contribution in [3.05, 3.63) is 48.1 Å². The number of ether oxygens (including phenoxy) is 1. The molecule has 0 heterocycles. The number of rotatable bonds is 7. The van der Waals surface area contributed by atoms with Crippen LogP contribution in [0.15, 0.2) is 36.9 Å². The highest BCUT2D eigenvalue weighted by Crippen LogP contribution is 2.28. The van der Waals surface area contributed by atoms with Crippen LogP contribution in [0.1, 0.15) is 11.1 Å². The fraction of sp³-hybridized carbons (Fsp3) is 0.333. The highest BCUT2D eigenvalue weighted by atomic mass is 16.5. The van der Waals surface area contributed by atoms with Crippen molar-refractivity contribution in [3.63, 3.8) is 0 Å². The molecule has 0 saturated heterocycles. The van der Waals surface area contributed by atoms with Gasteiger partial charge in [0, 0.05) is 18.7 Å². The maximum atomic E-state index is 9.75. The number of hydrogen-bond donors (Lipinski definition) is 2. The van der Waals surface area contributed by atoms with Gasteiger partial charge in [-0.3, -0.25) is 0 Å². The Morgan fingerprint density at radius 3 is 3.22 bits per heavy atom. The standard InChI is InChI=1S/C15H19NO2/c1-2-9-16-10-13(17)11-18-15-8-4-6-12-5-3-7-14(12)15/h2-4,6-8,13,16-17H,1,5,9-11H2. The van der Waals surface area contributed by atoms with Gasteiger partial charge in [-0.15, -0.1) is 6.58 Å². The fourth-order valence-corrected chi connectivity index (χ4v) is 1.98. The summed E-state index contributed by atoms with van der Waals surface area (Å²) in [6.07, 6.45) is 6.43. The van der Waals surface area contributed by atoms with E-state index in [4.69, 9.17) is 4.74 Å². The predicted octanol–water partition coefficient (Wildman–Crippen LogP) is 1.77. The van der Waals surface area contributed by atoms with Crippen molar-refractivity contribution in [2.45, 2.75) is 12.5 Å². The Kier molecular flexibility index (Phi) is 4.56. The Hall–Kier alpha value is -1.58. The van der Waals surface area contributed by atoms with Gasteiger partial charge in [-0.25, -0.2) is 0 Å². The molecule has 1 aromatic carbocycles. The van der Waals surface area contributed by atoms with Gasteiger partial charge in [0.05, 0.1) is 0 Å². The largest absolute Gasteiger partial charge is 0.490 e. The van der Waals surface area contributed by atoms with Gasteiger partial charge in [-0.1, -0.05) is 30.4 Å². The van der Waals surface area contributed by atoms with Gasteiger partial charge in [0.25, 0.3) is 0 Å². The van der Waals surface area contributed by atoms with Crippen LogP contribution < -0.4 is 10.1 Å². The van der Waals surface area contributed by atoms with E-state index in [0.29, 0.717) is 19.7 Å². The molecule has 1 atom stereocenters. The van der Waals surface area contributed by atoms with Crippen molar-refractivity contribution in [3.8, 4) is 5.75 Å². The summed E-state index contributed by atoms with van der Waals surface area (Å²) in [4.78, 5) is 0. The SMILES string of the molecule is C=CCNCC(O)COc1cccc2c1C=CC2. The molecule has 96 valence electrons. The molecule has 0 radical (unpaired) electrons. The van der Waals surface area contributed by atoms with Gasteiger partial charge in [-0.2, -0.15) is 0 Å². The van der Waals surface area contributed by atoms with Gasteiger partial charge in [-0.05, 0) is 18.1 Å².